The van der Waals surface area contributed by atoms with Crippen molar-refractivity contribution in [2.45, 2.75) is 59.3 Å². The SMILES string of the molecule is [B-]OCC[N+](CCCC)(CCCC)CCCC. The summed E-state index contributed by atoms with van der Waals surface area (Å²) in [6.07, 6.45) is 7.79. The van der Waals surface area contributed by atoms with Crippen LogP contribution in [0.5, 0.6) is 0 Å². The van der Waals surface area contributed by atoms with Crippen molar-refractivity contribution in [2.24, 2.45) is 0 Å². The Kier molecular flexibility index (Phi) is 11.1. The standard InChI is InChI=1S/C14H31BNO/c1-4-7-10-16(11-8-5-2,12-9-6-3)13-14-17-15/h4-14H2,1-3H3. The second kappa shape index (κ2) is 11.1. The molecule has 0 aromatic heterocycles. The van der Waals surface area contributed by atoms with E-state index in [1.807, 2.05) is 0 Å². The average molecular weight is 240 g/mol. The van der Waals surface area contributed by atoms with E-state index in [0.717, 1.165) is 6.54 Å². The predicted molar refractivity (Wildman–Crippen MR) is 76.2 cm³/mol. The van der Waals surface area contributed by atoms with Crippen LogP contribution in [0.2, 0.25) is 0 Å². The molecule has 17 heavy (non-hydrogen) atoms. The molecule has 0 bridgehead atoms. The molecule has 3 radical (unpaired) electrons. The van der Waals surface area contributed by atoms with E-state index in [2.05, 4.69) is 20.8 Å². The van der Waals surface area contributed by atoms with Crippen molar-refractivity contribution in [2.75, 3.05) is 32.8 Å². The number of unbranched alkanes of at least 4 members (excludes halogenated alkanes) is 3. The van der Waals surface area contributed by atoms with E-state index in [4.69, 9.17) is 12.7 Å². The first-order chi connectivity index (χ1) is 8.24. The normalized spacial score (nSPS) is 12.0. The van der Waals surface area contributed by atoms with Gasteiger partial charge in [-0.25, -0.2) is 0 Å². The van der Waals surface area contributed by atoms with Gasteiger partial charge < -0.3 is 17.2 Å². The Morgan fingerprint density at radius 2 is 1.18 bits per heavy atom. The topological polar surface area (TPSA) is 9.23 Å². The van der Waals surface area contributed by atoms with Gasteiger partial charge in [-0.3, -0.25) is 0 Å². The van der Waals surface area contributed by atoms with E-state index < -0.39 is 0 Å². The van der Waals surface area contributed by atoms with Gasteiger partial charge in [0.25, 0.3) is 0 Å². The number of hydrogen-bond donors (Lipinski definition) is 0. The Labute approximate surface area is 110 Å². The molecule has 0 heterocycles. The minimum atomic E-state index is 0.692. The first-order valence-corrected chi connectivity index (χ1v) is 7.41. The molecule has 0 aliphatic rings. The van der Waals surface area contributed by atoms with Crippen molar-refractivity contribution in [3.05, 3.63) is 0 Å². The minimum Gasteiger partial charge on any atom is -0.698 e. The van der Waals surface area contributed by atoms with Crippen LogP contribution in [0.1, 0.15) is 59.3 Å². The molecule has 0 amide bonds. The van der Waals surface area contributed by atoms with Gasteiger partial charge in [-0.1, -0.05) is 40.0 Å². The molecule has 0 fully saturated rings. The van der Waals surface area contributed by atoms with Crippen LogP contribution < -0.4 is 0 Å². The maximum absolute atomic E-state index is 5.21. The van der Waals surface area contributed by atoms with Crippen molar-refractivity contribution in [1.82, 2.24) is 0 Å². The highest BCUT2D eigenvalue weighted by Crippen LogP contribution is 2.14. The third-order valence-corrected chi connectivity index (χ3v) is 3.64. The van der Waals surface area contributed by atoms with Gasteiger partial charge in [0.2, 0.25) is 0 Å². The van der Waals surface area contributed by atoms with Crippen LogP contribution >= 0.6 is 0 Å². The minimum absolute atomic E-state index is 0.692. The zero-order valence-corrected chi connectivity index (χ0v) is 12.2. The second-order valence-electron chi connectivity index (χ2n) is 5.17. The van der Waals surface area contributed by atoms with Crippen LogP contribution in [0.4, 0.5) is 0 Å². The zero-order valence-electron chi connectivity index (χ0n) is 12.2. The molecule has 0 rings (SSSR count). The number of hydrogen-bond acceptors (Lipinski definition) is 1. The molecule has 0 aliphatic heterocycles. The molecule has 0 aromatic rings. The first-order valence-electron chi connectivity index (χ1n) is 7.41. The lowest BCUT2D eigenvalue weighted by molar-refractivity contribution is -0.928. The summed E-state index contributed by atoms with van der Waals surface area (Å²) in [6.45, 7) is 12.5. The Hall–Kier alpha value is -0.0151. The van der Waals surface area contributed by atoms with Crippen LogP contribution in [0.3, 0.4) is 0 Å². The number of quaternary nitrogens is 1. The fourth-order valence-electron chi connectivity index (χ4n) is 2.40. The average Bonchev–Trinajstić information content (AvgIpc) is 2.37. The third-order valence-electron chi connectivity index (χ3n) is 3.64. The monoisotopic (exact) mass is 240 g/mol. The molecule has 2 nitrogen and oxygen atoms in total. The molecular formula is C14H31BNO. The summed E-state index contributed by atoms with van der Waals surface area (Å²) in [5.41, 5.74) is 0. The summed E-state index contributed by atoms with van der Waals surface area (Å²) in [7, 11) is 5.21. The highest BCUT2D eigenvalue weighted by Gasteiger charge is 2.24. The molecule has 0 atom stereocenters. The van der Waals surface area contributed by atoms with Gasteiger partial charge in [0.15, 0.2) is 0 Å². The van der Waals surface area contributed by atoms with E-state index in [1.165, 1.54) is 62.6 Å². The first kappa shape index (κ1) is 17.0. The van der Waals surface area contributed by atoms with E-state index in [1.54, 1.807) is 0 Å². The van der Waals surface area contributed by atoms with Gasteiger partial charge >= 0.3 is 0 Å². The molecule has 3 heteroatoms. The quantitative estimate of drug-likeness (QED) is 0.375. The third kappa shape index (κ3) is 7.83. The van der Waals surface area contributed by atoms with Crippen molar-refractivity contribution in [3.63, 3.8) is 0 Å². The van der Waals surface area contributed by atoms with E-state index in [0.29, 0.717) is 6.61 Å². The Morgan fingerprint density at radius 3 is 1.47 bits per heavy atom. The highest BCUT2D eigenvalue weighted by atomic mass is 16.4. The van der Waals surface area contributed by atoms with Crippen molar-refractivity contribution in [3.8, 4) is 0 Å². The smallest absolute Gasteiger partial charge is 0.0979 e. The largest absolute Gasteiger partial charge is 0.698 e. The number of nitrogens with zero attached hydrogens (tertiary/aromatic N) is 1. The second-order valence-corrected chi connectivity index (χ2v) is 5.17. The molecule has 0 spiro atoms. The molecule has 101 valence electrons. The van der Waals surface area contributed by atoms with Gasteiger partial charge in [-0.2, -0.15) is 0 Å². The Bertz CT molecular complexity index is 127. The van der Waals surface area contributed by atoms with Gasteiger partial charge in [0.1, 0.15) is 0 Å². The molecular weight excluding hydrogens is 209 g/mol. The predicted octanol–water partition coefficient (Wildman–Crippen LogP) is 3.30. The summed E-state index contributed by atoms with van der Waals surface area (Å²) < 4.78 is 6.04. The zero-order chi connectivity index (χ0) is 13.0. The van der Waals surface area contributed by atoms with Gasteiger partial charge in [-0.15, -0.1) is 0 Å². The van der Waals surface area contributed by atoms with Crippen LogP contribution in [-0.4, -0.2) is 45.3 Å². The summed E-state index contributed by atoms with van der Waals surface area (Å²) in [4.78, 5) is 0. The molecule has 0 saturated heterocycles. The Morgan fingerprint density at radius 1 is 0.765 bits per heavy atom. The van der Waals surface area contributed by atoms with Crippen LogP contribution in [0.15, 0.2) is 0 Å². The fraction of sp³-hybridized carbons (Fsp3) is 1.00. The maximum Gasteiger partial charge on any atom is 0.0979 e. The highest BCUT2D eigenvalue weighted by molar-refractivity contribution is 5.97. The number of rotatable bonds is 12. The van der Waals surface area contributed by atoms with Crippen molar-refractivity contribution >= 4 is 8.05 Å². The summed E-state index contributed by atoms with van der Waals surface area (Å²) in [6, 6.07) is 0. The summed E-state index contributed by atoms with van der Waals surface area (Å²) in [5.74, 6) is 0. The fourth-order valence-corrected chi connectivity index (χ4v) is 2.40. The van der Waals surface area contributed by atoms with Crippen LogP contribution in [-0.2, 0) is 4.65 Å². The van der Waals surface area contributed by atoms with Crippen LogP contribution in [0.25, 0.3) is 0 Å². The summed E-state index contributed by atoms with van der Waals surface area (Å²) in [5, 5.41) is 0. The van der Waals surface area contributed by atoms with E-state index in [9.17, 15) is 0 Å². The van der Waals surface area contributed by atoms with Gasteiger partial charge in [-0.05, 0) is 19.3 Å². The van der Waals surface area contributed by atoms with Gasteiger partial charge in [0, 0.05) is 6.61 Å². The molecule has 0 aliphatic carbocycles. The van der Waals surface area contributed by atoms with E-state index >= 15 is 0 Å². The molecule has 0 unspecified atom stereocenters. The summed E-state index contributed by atoms with van der Waals surface area (Å²) >= 11 is 0. The van der Waals surface area contributed by atoms with Crippen LogP contribution in [0, 0.1) is 0 Å². The Balaban J connectivity index is 4.39. The lowest BCUT2D eigenvalue weighted by atomic mass is 10.1. The maximum atomic E-state index is 5.21. The van der Waals surface area contributed by atoms with Crippen molar-refractivity contribution < 1.29 is 9.14 Å². The lowest BCUT2D eigenvalue weighted by Crippen LogP contribution is -2.52. The molecule has 0 saturated carbocycles. The molecule has 0 aromatic carbocycles. The van der Waals surface area contributed by atoms with Gasteiger partial charge in [0.05, 0.1) is 26.2 Å². The van der Waals surface area contributed by atoms with E-state index in [-0.39, 0.29) is 0 Å². The lowest BCUT2D eigenvalue weighted by Gasteiger charge is -2.40. The van der Waals surface area contributed by atoms with Crippen molar-refractivity contribution in [1.29, 1.82) is 0 Å². The molecule has 0 N–H and O–H groups in total.